The van der Waals surface area contributed by atoms with Gasteiger partial charge in [-0.05, 0) is 24.6 Å². The van der Waals surface area contributed by atoms with E-state index in [9.17, 15) is 19.1 Å². The number of aliphatic carboxylic acids is 1. The molecule has 4 unspecified atom stereocenters. The van der Waals surface area contributed by atoms with Gasteiger partial charge in [0.05, 0.1) is 18.1 Å². The third-order valence-corrected chi connectivity index (χ3v) is 3.94. The van der Waals surface area contributed by atoms with E-state index in [-0.39, 0.29) is 0 Å². The zero-order chi connectivity index (χ0) is 15.1. The molecule has 6 heteroatoms. The second-order valence-corrected chi connectivity index (χ2v) is 5.29. The molecule has 2 heterocycles. The number of anilines is 1. The summed E-state index contributed by atoms with van der Waals surface area (Å²) in [6.07, 6.45) is 2.26. The Bertz CT molecular complexity index is 643. The summed E-state index contributed by atoms with van der Waals surface area (Å²) in [4.78, 5) is 23.7. The van der Waals surface area contributed by atoms with E-state index in [2.05, 4.69) is 5.32 Å². The summed E-state index contributed by atoms with van der Waals surface area (Å²) in [5.41, 5.74) is 1.05. The Hall–Kier alpha value is -2.21. The van der Waals surface area contributed by atoms with Crippen LogP contribution in [0.4, 0.5) is 10.1 Å². The SMILES string of the molecule is Cc1ccc(F)cc1NC(=O)C1C2C=CC(O2)C1C(=O)O. The lowest BCUT2D eigenvalue weighted by Gasteiger charge is -2.21. The number of hydrogen-bond donors (Lipinski definition) is 2. The van der Waals surface area contributed by atoms with E-state index in [0.717, 1.165) is 0 Å². The molecule has 110 valence electrons. The van der Waals surface area contributed by atoms with Crippen LogP contribution in [0, 0.1) is 24.6 Å². The number of carbonyl (C=O) groups is 2. The smallest absolute Gasteiger partial charge is 0.310 e. The summed E-state index contributed by atoms with van der Waals surface area (Å²) in [6.45, 7) is 1.74. The summed E-state index contributed by atoms with van der Waals surface area (Å²) in [6, 6.07) is 4.07. The lowest BCUT2D eigenvalue weighted by molar-refractivity contribution is -0.145. The van der Waals surface area contributed by atoms with Crippen LogP contribution >= 0.6 is 0 Å². The van der Waals surface area contributed by atoms with Gasteiger partial charge in [0.2, 0.25) is 5.91 Å². The molecule has 2 aliphatic heterocycles. The van der Waals surface area contributed by atoms with Gasteiger partial charge in [-0.2, -0.15) is 0 Å². The van der Waals surface area contributed by atoms with Crippen LogP contribution in [0.1, 0.15) is 5.56 Å². The molecule has 1 aromatic rings. The number of halogens is 1. The Morgan fingerprint density at radius 3 is 2.57 bits per heavy atom. The van der Waals surface area contributed by atoms with Gasteiger partial charge in [-0.25, -0.2) is 4.39 Å². The van der Waals surface area contributed by atoms with Crippen molar-refractivity contribution in [3.63, 3.8) is 0 Å². The highest BCUT2D eigenvalue weighted by Gasteiger charge is 2.53. The Kier molecular flexibility index (Phi) is 3.25. The van der Waals surface area contributed by atoms with Crippen LogP contribution in [0.25, 0.3) is 0 Å². The number of amides is 1. The molecule has 0 aromatic heterocycles. The fourth-order valence-electron chi connectivity index (χ4n) is 2.86. The fourth-order valence-corrected chi connectivity index (χ4v) is 2.86. The molecule has 0 aliphatic carbocycles. The Labute approximate surface area is 120 Å². The maximum Gasteiger partial charge on any atom is 0.310 e. The number of nitrogens with one attached hydrogen (secondary N) is 1. The van der Waals surface area contributed by atoms with Crippen LogP contribution < -0.4 is 5.32 Å². The molecule has 0 spiro atoms. The minimum absolute atomic E-state index is 0.343. The molecule has 2 aliphatic rings. The molecule has 2 bridgehead atoms. The molecule has 0 saturated carbocycles. The third-order valence-electron chi connectivity index (χ3n) is 3.94. The monoisotopic (exact) mass is 291 g/mol. The fraction of sp³-hybridized carbons (Fsp3) is 0.333. The van der Waals surface area contributed by atoms with Crippen molar-refractivity contribution >= 4 is 17.6 Å². The van der Waals surface area contributed by atoms with E-state index in [1.54, 1.807) is 25.1 Å². The Morgan fingerprint density at radius 2 is 1.90 bits per heavy atom. The molecule has 4 atom stereocenters. The van der Waals surface area contributed by atoms with E-state index < -0.39 is 41.7 Å². The van der Waals surface area contributed by atoms with E-state index in [4.69, 9.17) is 4.74 Å². The van der Waals surface area contributed by atoms with Crippen LogP contribution in [0.3, 0.4) is 0 Å². The number of carboxylic acids is 1. The average molecular weight is 291 g/mol. The number of fused-ring (bicyclic) bond motifs is 2. The minimum Gasteiger partial charge on any atom is -0.481 e. The third kappa shape index (κ3) is 2.31. The van der Waals surface area contributed by atoms with Crippen molar-refractivity contribution in [1.82, 2.24) is 0 Å². The maximum atomic E-state index is 13.2. The molecular weight excluding hydrogens is 277 g/mol. The van der Waals surface area contributed by atoms with Gasteiger partial charge < -0.3 is 15.2 Å². The summed E-state index contributed by atoms with van der Waals surface area (Å²) in [5.74, 6) is -3.71. The number of carboxylic acid groups (broad SMARTS) is 1. The van der Waals surface area contributed by atoms with Crippen molar-refractivity contribution < 1.29 is 23.8 Å². The van der Waals surface area contributed by atoms with Gasteiger partial charge in [-0.3, -0.25) is 9.59 Å². The molecule has 0 radical (unpaired) electrons. The molecule has 3 rings (SSSR count). The highest BCUT2D eigenvalue weighted by atomic mass is 19.1. The first-order valence-electron chi connectivity index (χ1n) is 6.61. The number of carbonyl (C=O) groups excluding carboxylic acids is 1. The molecule has 2 N–H and O–H groups in total. The zero-order valence-corrected chi connectivity index (χ0v) is 11.2. The molecule has 1 aromatic carbocycles. The largest absolute Gasteiger partial charge is 0.481 e. The first-order chi connectivity index (χ1) is 9.97. The van der Waals surface area contributed by atoms with Gasteiger partial charge in [0.25, 0.3) is 0 Å². The standard InChI is InChI=1S/C15H14FNO4/c1-7-2-3-8(16)6-9(7)17-14(18)12-10-4-5-11(21-10)13(12)15(19)20/h2-6,10-13H,1H3,(H,17,18)(H,19,20). The summed E-state index contributed by atoms with van der Waals surface area (Å²) < 4.78 is 18.7. The average Bonchev–Trinajstić information content (AvgIpc) is 3.03. The first kappa shape index (κ1) is 13.8. The van der Waals surface area contributed by atoms with Crippen LogP contribution in [0.5, 0.6) is 0 Å². The highest BCUT2D eigenvalue weighted by molar-refractivity contribution is 5.97. The second kappa shape index (κ2) is 4.96. The van der Waals surface area contributed by atoms with E-state index in [1.165, 1.54) is 12.1 Å². The molecule has 1 fully saturated rings. The van der Waals surface area contributed by atoms with Crippen molar-refractivity contribution in [2.24, 2.45) is 11.8 Å². The van der Waals surface area contributed by atoms with Crippen molar-refractivity contribution in [2.45, 2.75) is 19.1 Å². The van der Waals surface area contributed by atoms with Crippen LogP contribution in [0.15, 0.2) is 30.4 Å². The van der Waals surface area contributed by atoms with Gasteiger partial charge in [0.1, 0.15) is 11.7 Å². The van der Waals surface area contributed by atoms with E-state index >= 15 is 0 Å². The van der Waals surface area contributed by atoms with Gasteiger partial charge in [-0.15, -0.1) is 0 Å². The van der Waals surface area contributed by atoms with Crippen molar-refractivity contribution in [3.8, 4) is 0 Å². The quantitative estimate of drug-likeness (QED) is 0.832. The number of benzene rings is 1. The number of aryl methyl sites for hydroxylation is 1. The Balaban J connectivity index is 1.83. The van der Waals surface area contributed by atoms with Crippen LogP contribution in [-0.4, -0.2) is 29.2 Å². The van der Waals surface area contributed by atoms with Crippen LogP contribution in [0.2, 0.25) is 0 Å². The molecule has 1 saturated heterocycles. The Morgan fingerprint density at radius 1 is 1.24 bits per heavy atom. The zero-order valence-electron chi connectivity index (χ0n) is 11.2. The number of hydrogen-bond acceptors (Lipinski definition) is 3. The molecule has 1 amide bonds. The topological polar surface area (TPSA) is 75.6 Å². The second-order valence-electron chi connectivity index (χ2n) is 5.29. The first-order valence-corrected chi connectivity index (χ1v) is 6.61. The summed E-state index contributed by atoms with van der Waals surface area (Å²) >= 11 is 0. The predicted molar refractivity (Wildman–Crippen MR) is 72.2 cm³/mol. The predicted octanol–water partition coefficient (Wildman–Crippen LogP) is 1.73. The lowest BCUT2D eigenvalue weighted by atomic mass is 9.82. The molecular formula is C15H14FNO4. The van der Waals surface area contributed by atoms with Crippen LogP contribution in [-0.2, 0) is 14.3 Å². The highest BCUT2D eigenvalue weighted by Crippen LogP contribution is 2.40. The van der Waals surface area contributed by atoms with Crippen molar-refractivity contribution in [2.75, 3.05) is 5.32 Å². The van der Waals surface area contributed by atoms with E-state index in [1.807, 2.05) is 0 Å². The molecule has 5 nitrogen and oxygen atoms in total. The lowest BCUT2D eigenvalue weighted by Crippen LogP contribution is -2.39. The van der Waals surface area contributed by atoms with Gasteiger partial charge in [0, 0.05) is 5.69 Å². The van der Waals surface area contributed by atoms with Gasteiger partial charge in [0.15, 0.2) is 0 Å². The summed E-state index contributed by atoms with van der Waals surface area (Å²) in [7, 11) is 0. The number of rotatable bonds is 3. The summed E-state index contributed by atoms with van der Waals surface area (Å²) in [5, 5.41) is 11.9. The van der Waals surface area contributed by atoms with E-state index in [0.29, 0.717) is 11.3 Å². The molecule has 21 heavy (non-hydrogen) atoms. The minimum atomic E-state index is -1.07. The normalized spacial score (nSPS) is 29.6. The van der Waals surface area contributed by atoms with Gasteiger partial charge >= 0.3 is 5.97 Å². The van der Waals surface area contributed by atoms with Crippen molar-refractivity contribution in [3.05, 3.63) is 41.7 Å². The van der Waals surface area contributed by atoms with Crippen molar-refractivity contribution in [1.29, 1.82) is 0 Å². The maximum absolute atomic E-state index is 13.2. The number of ether oxygens (including phenoxy) is 1. The van der Waals surface area contributed by atoms with Gasteiger partial charge in [-0.1, -0.05) is 18.2 Å².